The first-order valence-electron chi connectivity index (χ1n) is 3.75. The lowest BCUT2D eigenvalue weighted by molar-refractivity contribution is 0.0948. The smallest absolute Gasteiger partial charge is 0.263 e. The molecule has 0 saturated heterocycles. The second-order valence-electron chi connectivity index (χ2n) is 2.63. The monoisotopic (exact) mass is 281 g/mol. The van der Waals surface area contributed by atoms with E-state index in [4.69, 9.17) is 11.6 Å². The van der Waals surface area contributed by atoms with Gasteiger partial charge >= 0.3 is 0 Å². The van der Waals surface area contributed by atoms with Crippen LogP contribution in [0.3, 0.4) is 0 Å². The molecule has 2 nitrogen and oxygen atoms in total. The van der Waals surface area contributed by atoms with Gasteiger partial charge in [-0.15, -0.1) is 11.3 Å². The molecule has 0 radical (unpaired) electrons. The highest BCUT2D eigenvalue weighted by Crippen LogP contribution is 2.21. The minimum atomic E-state index is -0.105. The molecule has 72 valence electrons. The van der Waals surface area contributed by atoms with Crippen molar-refractivity contribution < 1.29 is 4.79 Å². The number of hydrogen-bond acceptors (Lipinski definition) is 2. The zero-order chi connectivity index (χ0) is 9.84. The van der Waals surface area contributed by atoms with Gasteiger partial charge in [0.1, 0.15) is 4.88 Å². The van der Waals surface area contributed by atoms with Gasteiger partial charge in [0, 0.05) is 11.4 Å². The van der Waals surface area contributed by atoms with Gasteiger partial charge < -0.3 is 5.32 Å². The lowest BCUT2D eigenvalue weighted by atomic mass is 10.3. The van der Waals surface area contributed by atoms with Crippen molar-refractivity contribution in [3.8, 4) is 0 Å². The number of carbonyl (C=O) groups excluding carboxylic acids is 1. The van der Waals surface area contributed by atoms with Crippen molar-refractivity contribution in [3.63, 3.8) is 0 Å². The molecule has 1 atom stereocenters. The molecule has 1 aromatic rings. The second kappa shape index (κ2) is 4.98. The molecular formula is C8H9BrClNOS. The SMILES string of the molecule is CC(CBr)NC(=O)c1sccc1Cl. The summed E-state index contributed by atoms with van der Waals surface area (Å²) in [6.45, 7) is 1.92. The lowest BCUT2D eigenvalue weighted by Gasteiger charge is -2.09. The molecule has 0 spiro atoms. The normalized spacial score (nSPS) is 12.5. The molecule has 1 unspecified atom stereocenters. The number of rotatable bonds is 3. The van der Waals surface area contributed by atoms with Crippen LogP contribution in [-0.2, 0) is 0 Å². The summed E-state index contributed by atoms with van der Waals surface area (Å²) in [5.74, 6) is -0.105. The maximum Gasteiger partial charge on any atom is 0.263 e. The largest absolute Gasteiger partial charge is 0.348 e. The van der Waals surface area contributed by atoms with Gasteiger partial charge in [0.2, 0.25) is 0 Å². The molecule has 1 N–H and O–H groups in total. The van der Waals surface area contributed by atoms with E-state index in [1.807, 2.05) is 6.92 Å². The van der Waals surface area contributed by atoms with Gasteiger partial charge in [-0.2, -0.15) is 0 Å². The average molecular weight is 283 g/mol. The molecule has 0 fully saturated rings. The van der Waals surface area contributed by atoms with E-state index in [9.17, 15) is 4.79 Å². The first-order valence-corrected chi connectivity index (χ1v) is 6.13. The van der Waals surface area contributed by atoms with Gasteiger partial charge in [-0.25, -0.2) is 0 Å². The Kier molecular flexibility index (Phi) is 4.22. The molecular weight excluding hydrogens is 274 g/mol. The Morgan fingerprint density at radius 1 is 1.85 bits per heavy atom. The molecule has 13 heavy (non-hydrogen) atoms. The van der Waals surface area contributed by atoms with E-state index in [1.165, 1.54) is 11.3 Å². The Morgan fingerprint density at radius 2 is 2.54 bits per heavy atom. The topological polar surface area (TPSA) is 29.1 Å². The van der Waals surface area contributed by atoms with Gasteiger partial charge in [-0.3, -0.25) is 4.79 Å². The summed E-state index contributed by atoms with van der Waals surface area (Å²) < 4.78 is 0. The Balaban J connectivity index is 2.64. The van der Waals surface area contributed by atoms with Crippen molar-refractivity contribution in [1.82, 2.24) is 5.32 Å². The fourth-order valence-corrected chi connectivity index (χ4v) is 1.99. The van der Waals surface area contributed by atoms with Gasteiger partial charge in [0.15, 0.2) is 0 Å². The van der Waals surface area contributed by atoms with Gasteiger partial charge in [0.25, 0.3) is 5.91 Å². The average Bonchev–Trinajstić information content (AvgIpc) is 2.51. The van der Waals surface area contributed by atoms with Crippen LogP contribution in [-0.4, -0.2) is 17.3 Å². The highest BCUT2D eigenvalue weighted by molar-refractivity contribution is 9.09. The van der Waals surface area contributed by atoms with Crippen LogP contribution in [0.15, 0.2) is 11.4 Å². The van der Waals surface area contributed by atoms with Crippen molar-refractivity contribution >= 4 is 44.8 Å². The summed E-state index contributed by atoms with van der Waals surface area (Å²) in [5.41, 5.74) is 0. The van der Waals surface area contributed by atoms with E-state index in [0.717, 1.165) is 5.33 Å². The lowest BCUT2D eigenvalue weighted by Crippen LogP contribution is -2.33. The van der Waals surface area contributed by atoms with Crippen molar-refractivity contribution in [2.45, 2.75) is 13.0 Å². The summed E-state index contributed by atoms with van der Waals surface area (Å²) in [6, 6.07) is 1.84. The summed E-state index contributed by atoms with van der Waals surface area (Å²) >= 11 is 10.4. The van der Waals surface area contributed by atoms with Crippen LogP contribution in [0.4, 0.5) is 0 Å². The van der Waals surface area contributed by atoms with E-state index >= 15 is 0 Å². The standard InChI is InChI=1S/C8H9BrClNOS/c1-5(4-9)11-8(12)7-6(10)2-3-13-7/h2-3,5H,4H2,1H3,(H,11,12). The number of thiophene rings is 1. The molecule has 1 rings (SSSR count). The highest BCUT2D eigenvalue weighted by atomic mass is 79.9. The summed E-state index contributed by atoms with van der Waals surface area (Å²) in [7, 11) is 0. The molecule has 0 aliphatic carbocycles. The summed E-state index contributed by atoms with van der Waals surface area (Å²) in [6.07, 6.45) is 0. The summed E-state index contributed by atoms with van der Waals surface area (Å²) in [5, 5.41) is 5.87. The molecule has 0 aliphatic rings. The third-order valence-corrected chi connectivity index (χ3v) is 3.74. The number of amides is 1. The quantitative estimate of drug-likeness (QED) is 0.849. The van der Waals surface area contributed by atoms with E-state index in [1.54, 1.807) is 11.4 Å². The maximum atomic E-state index is 11.5. The third-order valence-electron chi connectivity index (χ3n) is 1.43. The molecule has 0 aromatic carbocycles. The van der Waals surface area contributed by atoms with E-state index in [0.29, 0.717) is 9.90 Å². The first-order chi connectivity index (χ1) is 6.15. The molecule has 1 amide bonds. The Labute approximate surface area is 94.4 Å². The van der Waals surface area contributed by atoms with Crippen molar-refractivity contribution in [1.29, 1.82) is 0 Å². The minimum absolute atomic E-state index is 0.105. The van der Waals surface area contributed by atoms with Crippen LogP contribution in [0.5, 0.6) is 0 Å². The Hall–Kier alpha value is -0.0600. The third kappa shape index (κ3) is 2.97. The van der Waals surface area contributed by atoms with Gasteiger partial charge in [-0.1, -0.05) is 27.5 Å². The number of alkyl halides is 1. The molecule has 0 bridgehead atoms. The molecule has 1 heterocycles. The van der Waals surface area contributed by atoms with Crippen LogP contribution in [0.25, 0.3) is 0 Å². The van der Waals surface area contributed by atoms with E-state index < -0.39 is 0 Å². The zero-order valence-electron chi connectivity index (χ0n) is 7.01. The number of hydrogen-bond donors (Lipinski definition) is 1. The molecule has 5 heteroatoms. The van der Waals surface area contributed by atoms with Crippen molar-refractivity contribution in [3.05, 3.63) is 21.3 Å². The minimum Gasteiger partial charge on any atom is -0.348 e. The van der Waals surface area contributed by atoms with E-state index in [-0.39, 0.29) is 11.9 Å². The number of carbonyl (C=O) groups is 1. The van der Waals surface area contributed by atoms with Crippen LogP contribution in [0.2, 0.25) is 5.02 Å². The zero-order valence-corrected chi connectivity index (χ0v) is 10.2. The Bertz CT molecular complexity index is 302. The number of halogens is 2. The fourth-order valence-electron chi connectivity index (χ4n) is 0.784. The second-order valence-corrected chi connectivity index (χ2v) is 4.60. The van der Waals surface area contributed by atoms with Gasteiger partial charge in [-0.05, 0) is 18.4 Å². The van der Waals surface area contributed by atoms with Crippen molar-refractivity contribution in [2.75, 3.05) is 5.33 Å². The first kappa shape index (κ1) is 11.0. The number of nitrogens with one attached hydrogen (secondary N) is 1. The maximum absolute atomic E-state index is 11.5. The predicted molar refractivity (Wildman–Crippen MR) is 60.1 cm³/mol. The highest BCUT2D eigenvalue weighted by Gasteiger charge is 2.13. The molecule has 0 saturated carbocycles. The molecule has 1 aromatic heterocycles. The van der Waals surface area contributed by atoms with Crippen LogP contribution in [0, 0.1) is 0 Å². The van der Waals surface area contributed by atoms with E-state index in [2.05, 4.69) is 21.2 Å². The van der Waals surface area contributed by atoms with Crippen LogP contribution >= 0.6 is 38.9 Å². The van der Waals surface area contributed by atoms with Crippen molar-refractivity contribution in [2.24, 2.45) is 0 Å². The van der Waals surface area contributed by atoms with Crippen LogP contribution in [0.1, 0.15) is 16.6 Å². The predicted octanol–water partition coefficient (Wildman–Crippen LogP) is 2.91. The molecule has 0 aliphatic heterocycles. The fraction of sp³-hybridized carbons (Fsp3) is 0.375. The van der Waals surface area contributed by atoms with Gasteiger partial charge in [0.05, 0.1) is 5.02 Å². The summed E-state index contributed by atoms with van der Waals surface area (Å²) in [4.78, 5) is 12.1. The Morgan fingerprint density at radius 3 is 3.00 bits per heavy atom. The van der Waals surface area contributed by atoms with Crippen LogP contribution < -0.4 is 5.32 Å².